The molecule has 4 atom stereocenters. The first-order valence-corrected chi connectivity index (χ1v) is 15.0. The van der Waals surface area contributed by atoms with E-state index in [-0.39, 0.29) is 23.9 Å². The molecule has 6 N–H and O–H groups in total. The number of benzene rings is 1. The van der Waals surface area contributed by atoms with Gasteiger partial charge in [0, 0.05) is 31.1 Å². The lowest BCUT2D eigenvalue weighted by Crippen LogP contribution is -2.63. The molecular weight excluding hydrogens is 595 g/mol. The molecule has 1 aromatic rings. The summed E-state index contributed by atoms with van der Waals surface area (Å²) in [5.41, 5.74) is -1.50. The van der Waals surface area contributed by atoms with Gasteiger partial charge in [-0.3, -0.25) is 24.2 Å². The number of carbonyl (C=O) groups is 3. The highest BCUT2D eigenvalue weighted by atomic mass is 19.4. The van der Waals surface area contributed by atoms with Crippen LogP contribution in [0.25, 0.3) is 0 Å². The van der Waals surface area contributed by atoms with Crippen LogP contribution in [0.4, 0.5) is 13.2 Å². The van der Waals surface area contributed by atoms with Crippen LogP contribution in [0.5, 0.6) is 5.75 Å². The number of primary amides is 1. The smallest absolute Gasteiger partial charge is 0.417 e. The van der Waals surface area contributed by atoms with Crippen molar-refractivity contribution in [3.05, 3.63) is 51.0 Å². The van der Waals surface area contributed by atoms with E-state index in [1.54, 1.807) is 0 Å². The number of ketones is 2. The van der Waals surface area contributed by atoms with Gasteiger partial charge in [-0.05, 0) is 74.2 Å². The average molecular weight is 636 g/mol. The number of halogens is 3. The predicted octanol–water partition coefficient (Wildman–Crippen LogP) is 3.40. The molecule has 1 amide bonds. The van der Waals surface area contributed by atoms with Gasteiger partial charge in [-0.1, -0.05) is 20.8 Å². The number of hydrogen-bond donors (Lipinski definition) is 5. The number of amides is 1. The van der Waals surface area contributed by atoms with E-state index in [0.29, 0.717) is 19.0 Å². The third kappa shape index (κ3) is 5.52. The number of Topliss-reactive ketones (excluding diaryl/α,β-unsaturated/α-hetero) is 2. The van der Waals surface area contributed by atoms with Crippen LogP contribution in [-0.2, 0) is 28.7 Å². The first-order chi connectivity index (χ1) is 20.7. The normalized spacial score (nSPS) is 27.2. The minimum Gasteiger partial charge on any atom is -0.510 e. The quantitative estimate of drug-likeness (QED) is 0.283. The molecule has 13 heteroatoms. The van der Waals surface area contributed by atoms with E-state index in [0.717, 1.165) is 18.9 Å². The molecular formula is C32H40F3N3O7. The number of rotatable bonds is 7. The Hall–Kier alpha value is -3.42. The number of phenolic OH excluding ortho intramolecular Hbond substituents is 1. The van der Waals surface area contributed by atoms with E-state index >= 15 is 0 Å². The van der Waals surface area contributed by atoms with Crippen molar-refractivity contribution in [3.63, 3.8) is 0 Å². The Kier molecular flexibility index (Phi) is 7.94. The zero-order valence-electron chi connectivity index (χ0n) is 26.0. The molecule has 1 saturated carbocycles. The highest BCUT2D eigenvalue weighted by molar-refractivity contribution is 6.24. The van der Waals surface area contributed by atoms with Crippen LogP contribution in [0.3, 0.4) is 0 Å². The standard InChI is InChI=1S/C32H40F3N3O7/c1-30(2,3)13-38(11-14-6-7-14)12-16-10-19(39)21-17(23(16)32(33,34)35)8-15-9-18-24(37(4)5)26(41)22(29(36)44)28(43)31(18,45)27(42)20(15)25(21)40/h10,14-15,18,24,39,41-42,45H,6-9,11-13H2,1-5H3,(H2,36,44)/t15-,18-,24-,31-/m0/s1. The summed E-state index contributed by atoms with van der Waals surface area (Å²) in [6.45, 7) is 6.96. The zero-order chi connectivity index (χ0) is 33.5. The number of aliphatic hydroxyl groups is 3. The molecule has 4 aliphatic rings. The maximum Gasteiger partial charge on any atom is 0.417 e. The Balaban J connectivity index is 1.66. The molecule has 5 rings (SSSR count). The van der Waals surface area contributed by atoms with Gasteiger partial charge < -0.3 is 26.2 Å². The number of nitrogens with zero attached hydrogens (tertiary/aromatic N) is 2. The summed E-state index contributed by atoms with van der Waals surface area (Å²) in [6.07, 6.45) is -3.65. The van der Waals surface area contributed by atoms with Crippen LogP contribution in [0.2, 0.25) is 0 Å². The Morgan fingerprint density at radius 1 is 1.11 bits per heavy atom. The van der Waals surface area contributed by atoms with Crippen molar-refractivity contribution in [2.45, 2.75) is 70.8 Å². The number of carbonyl (C=O) groups excluding carboxylic acids is 3. The first-order valence-electron chi connectivity index (χ1n) is 15.0. The molecule has 0 bridgehead atoms. The molecule has 246 valence electrons. The van der Waals surface area contributed by atoms with Crippen LogP contribution in [0, 0.1) is 23.2 Å². The zero-order valence-corrected chi connectivity index (χ0v) is 26.0. The van der Waals surface area contributed by atoms with Crippen LogP contribution in [0.1, 0.15) is 67.1 Å². The van der Waals surface area contributed by atoms with Crippen molar-refractivity contribution in [2.75, 3.05) is 27.2 Å². The number of phenols is 1. The molecule has 0 radical (unpaired) electrons. The second-order valence-electron chi connectivity index (χ2n) is 14.4. The molecule has 0 aliphatic heterocycles. The average Bonchev–Trinajstić information content (AvgIpc) is 3.67. The maximum atomic E-state index is 14.9. The molecule has 45 heavy (non-hydrogen) atoms. The van der Waals surface area contributed by atoms with Gasteiger partial charge in [0.15, 0.2) is 11.4 Å². The largest absolute Gasteiger partial charge is 0.510 e. The Labute approximate surface area is 259 Å². The van der Waals surface area contributed by atoms with Gasteiger partial charge >= 0.3 is 6.18 Å². The minimum absolute atomic E-state index is 0.107. The number of likely N-dealkylation sites (N-methyl/N-ethyl adjacent to an activating group) is 1. The molecule has 4 aliphatic carbocycles. The van der Waals surface area contributed by atoms with E-state index in [9.17, 15) is 48.0 Å². The number of aliphatic hydroxyl groups excluding tert-OH is 2. The monoisotopic (exact) mass is 635 g/mol. The van der Waals surface area contributed by atoms with Gasteiger partial charge in [-0.2, -0.15) is 13.2 Å². The van der Waals surface area contributed by atoms with E-state index < -0.39 is 98.7 Å². The van der Waals surface area contributed by atoms with Gasteiger partial charge in [0.1, 0.15) is 22.8 Å². The Bertz CT molecular complexity index is 1540. The van der Waals surface area contributed by atoms with Crippen LogP contribution >= 0.6 is 0 Å². The van der Waals surface area contributed by atoms with E-state index in [1.807, 2.05) is 25.7 Å². The molecule has 1 fully saturated rings. The fraction of sp³-hybridized carbons (Fsp3) is 0.594. The van der Waals surface area contributed by atoms with Crippen LogP contribution in [0.15, 0.2) is 28.7 Å². The SMILES string of the molecule is CN(C)[C@@H]1C(O)=C(C(N)=O)C(=O)[C@@]2(O)C(O)=C3C(=O)c4c(O)cc(CN(CC5CC5)CC(C)(C)C)c(C(F)(F)F)c4C[C@H]3C[C@@H]12. The molecule has 10 nitrogen and oxygen atoms in total. The predicted molar refractivity (Wildman–Crippen MR) is 156 cm³/mol. The molecule has 0 unspecified atom stereocenters. The molecule has 0 spiro atoms. The lowest BCUT2D eigenvalue weighted by Gasteiger charge is -2.50. The summed E-state index contributed by atoms with van der Waals surface area (Å²) < 4.78 is 44.8. The van der Waals surface area contributed by atoms with Gasteiger partial charge in [0.2, 0.25) is 5.78 Å². The highest BCUT2D eigenvalue weighted by Crippen LogP contribution is 2.54. The van der Waals surface area contributed by atoms with E-state index in [1.165, 1.54) is 19.0 Å². The van der Waals surface area contributed by atoms with Crippen LogP contribution in [-0.4, -0.2) is 86.5 Å². The number of hydrogen-bond acceptors (Lipinski definition) is 9. The third-order valence-corrected chi connectivity index (χ3v) is 9.40. The summed E-state index contributed by atoms with van der Waals surface area (Å²) in [6, 6.07) is -0.300. The molecule has 0 heterocycles. The topological polar surface area (TPSA) is 165 Å². The van der Waals surface area contributed by atoms with Crippen molar-refractivity contribution >= 4 is 17.5 Å². The van der Waals surface area contributed by atoms with Crippen molar-refractivity contribution in [1.82, 2.24) is 9.80 Å². The van der Waals surface area contributed by atoms with Crippen LogP contribution < -0.4 is 5.73 Å². The van der Waals surface area contributed by atoms with Gasteiger partial charge in [-0.15, -0.1) is 0 Å². The van der Waals surface area contributed by atoms with E-state index in [4.69, 9.17) is 5.73 Å². The number of allylic oxidation sites excluding steroid dienone is 1. The first kappa shape index (κ1) is 33.0. The number of fused-ring (bicyclic) bond motifs is 3. The van der Waals surface area contributed by atoms with Gasteiger partial charge in [0.05, 0.1) is 17.2 Å². The Morgan fingerprint density at radius 3 is 2.24 bits per heavy atom. The summed E-state index contributed by atoms with van der Waals surface area (Å²) in [7, 11) is 2.95. The fourth-order valence-corrected chi connectivity index (χ4v) is 7.63. The van der Waals surface area contributed by atoms with Gasteiger partial charge in [-0.25, -0.2) is 0 Å². The third-order valence-electron chi connectivity index (χ3n) is 9.40. The number of aromatic hydroxyl groups is 1. The number of nitrogens with two attached hydrogens (primary N) is 1. The lowest BCUT2D eigenvalue weighted by molar-refractivity contribution is -0.148. The summed E-state index contributed by atoms with van der Waals surface area (Å²) in [4.78, 5) is 42.8. The summed E-state index contributed by atoms with van der Waals surface area (Å²) in [5, 5.41) is 45.1. The molecule has 0 saturated heterocycles. The Morgan fingerprint density at radius 2 is 1.73 bits per heavy atom. The van der Waals surface area contributed by atoms with Gasteiger partial charge in [0.25, 0.3) is 5.91 Å². The minimum atomic E-state index is -4.90. The lowest BCUT2D eigenvalue weighted by atomic mass is 9.58. The molecule has 0 aromatic heterocycles. The van der Waals surface area contributed by atoms with Crippen molar-refractivity contribution in [2.24, 2.45) is 28.9 Å². The summed E-state index contributed by atoms with van der Waals surface area (Å²) in [5.74, 6) is -8.57. The highest BCUT2D eigenvalue weighted by Gasteiger charge is 2.63. The second-order valence-corrected chi connectivity index (χ2v) is 14.4. The maximum absolute atomic E-state index is 14.9. The summed E-state index contributed by atoms with van der Waals surface area (Å²) >= 11 is 0. The molecule has 1 aromatic carbocycles. The van der Waals surface area contributed by atoms with Crippen molar-refractivity contribution in [3.8, 4) is 5.75 Å². The van der Waals surface area contributed by atoms with Crippen molar-refractivity contribution in [1.29, 1.82) is 0 Å². The van der Waals surface area contributed by atoms with E-state index in [2.05, 4.69) is 0 Å². The second kappa shape index (κ2) is 10.8. The number of alkyl halides is 3. The fourth-order valence-electron chi connectivity index (χ4n) is 7.63. The van der Waals surface area contributed by atoms with Crippen molar-refractivity contribution < 1.29 is 48.0 Å².